The summed E-state index contributed by atoms with van der Waals surface area (Å²) in [5, 5.41) is 12.1. The lowest BCUT2D eigenvalue weighted by molar-refractivity contribution is 0.239. The van der Waals surface area contributed by atoms with Gasteiger partial charge in [0.15, 0.2) is 0 Å². The summed E-state index contributed by atoms with van der Waals surface area (Å²) in [7, 11) is 2.11. The molecule has 2 heterocycles. The van der Waals surface area contributed by atoms with Crippen LogP contribution in [0.1, 0.15) is 57.0 Å². The first kappa shape index (κ1) is 17.3. The van der Waals surface area contributed by atoms with Gasteiger partial charge >= 0.3 is 0 Å². The fraction of sp³-hybridized carbons (Fsp3) is 0.750. The van der Waals surface area contributed by atoms with Gasteiger partial charge in [0.2, 0.25) is 0 Å². The maximum atomic E-state index is 5.83. The minimum atomic E-state index is -0.0264. The van der Waals surface area contributed by atoms with Gasteiger partial charge in [-0.2, -0.15) is 5.10 Å². The van der Waals surface area contributed by atoms with E-state index in [2.05, 4.69) is 55.3 Å². The van der Waals surface area contributed by atoms with Crippen LogP contribution in [0, 0.1) is 11.3 Å². The summed E-state index contributed by atoms with van der Waals surface area (Å²) >= 11 is 0. The number of nitrogens with two attached hydrogens (primary N) is 1. The van der Waals surface area contributed by atoms with E-state index < -0.39 is 0 Å². The first-order valence-corrected chi connectivity index (χ1v) is 9.74. The highest BCUT2D eigenvalue weighted by Gasteiger charge is 2.47. The highest BCUT2D eigenvalue weighted by molar-refractivity contribution is 5.35. The van der Waals surface area contributed by atoms with E-state index in [4.69, 9.17) is 10.8 Å². The van der Waals surface area contributed by atoms with Gasteiger partial charge in [-0.3, -0.25) is 10.00 Å². The van der Waals surface area contributed by atoms with Gasteiger partial charge in [0.05, 0.1) is 11.2 Å². The summed E-state index contributed by atoms with van der Waals surface area (Å²) < 4.78 is 0. The highest BCUT2D eigenvalue weighted by Crippen LogP contribution is 2.44. The third kappa shape index (κ3) is 2.96. The quantitative estimate of drug-likeness (QED) is 0.582. The van der Waals surface area contributed by atoms with Crippen LogP contribution in [0.5, 0.6) is 0 Å². The van der Waals surface area contributed by atoms with E-state index in [0.717, 1.165) is 25.7 Å². The maximum absolute atomic E-state index is 5.83. The molecule has 4 rings (SSSR count). The van der Waals surface area contributed by atoms with E-state index in [1.807, 2.05) is 0 Å². The van der Waals surface area contributed by atoms with Gasteiger partial charge in [0, 0.05) is 24.4 Å². The van der Waals surface area contributed by atoms with Gasteiger partial charge in [0.1, 0.15) is 0 Å². The predicted octanol–water partition coefficient (Wildman–Crippen LogP) is 2.29. The van der Waals surface area contributed by atoms with E-state index in [1.165, 1.54) is 23.4 Å². The number of nitrogens with one attached hydrogen (secondary N) is 2. The number of likely N-dealkylation sites (N-methyl/N-ethyl adjacent to an activating group) is 1. The van der Waals surface area contributed by atoms with E-state index in [1.54, 1.807) is 0 Å². The van der Waals surface area contributed by atoms with Crippen molar-refractivity contribution >= 4 is 0 Å². The molecule has 0 saturated carbocycles. The normalized spacial score (nSPS) is 36.5. The molecular formula is C20H33N5. The lowest BCUT2D eigenvalue weighted by Gasteiger charge is -2.33. The SMILES string of the molecule is CN(CN)C1C=CC2C[C@](C)(c3n[nH]c4c3CCC(C)(C)C4)NC2C1. The van der Waals surface area contributed by atoms with Crippen LogP contribution in [0.15, 0.2) is 12.2 Å². The Hall–Kier alpha value is -1.17. The van der Waals surface area contributed by atoms with Crippen LogP contribution >= 0.6 is 0 Å². The Morgan fingerprint density at radius 2 is 2.12 bits per heavy atom. The molecule has 5 heteroatoms. The summed E-state index contributed by atoms with van der Waals surface area (Å²) in [6, 6.07) is 0.955. The maximum Gasteiger partial charge on any atom is 0.0855 e. The Morgan fingerprint density at radius 1 is 1.32 bits per heavy atom. The molecule has 3 aliphatic rings. The molecule has 0 bridgehead atoms. The zero-order valence-corrected chi connectivity index (χ0v) is 16.1. The smallest absolute Gasteiger partial charge is 0.0855 e. The fourth-order valence-electron chi connectivity index (χ4n) is 5.17. The average Bonchev–Trinajstić information content (AvgIpc) is 3.12. The Balaban J connectivity index is 1.56. The van der Waals surface area contributed by atoms with Crippen molar-refractivity contribution in [3.63, 3.8) is 0 Å². The molecule has 0 aromatic carbocycles. The zero-order valence-electron chi connectivity index (χ0n) is 16.1. The Morgan fingerprint density at radius 3 is 2.88 bits per heavy atom. The molecule has 138 valence electrons. The molecule has 1 aromatic rings. The van der Waals surface area contributed by atoms with Crippen molar-refractivity contribution in [3.8, 4) is 0 Å². The first-order chi connectivity index (χ1) is 11.8. The largest absolute Gasteiger partial charge is 0.318 e. The van der Waals surface area contributed by atoms with Crippen molar-refractivity contribution < 1.29 is 0 Å². The number of H-pyrrole nitrogens is 1. The van der Waals surface area contributed by atoms with Crippen molar-refractivity contribution in [2.75, 3.05) is 13.7 Å². The number of nitrogens with zero attached hydrogens (tertiary/aromatic N) is 2. The second kappa shape index (κ2) is 5.93. The molecule has 0 amide bonds. The van der Waals surface area contributed by atoms with Gasteiger partial charge in [-0.1, -0.05) is 26.0 Å². The van der Waals surface area contributed by atoms with Crippen molar-refractivity contribution in [1.82, 2.24) is 20.4 Å². The third-order valence-corrected chi connectivity index (χ3v) is 6.78. The monoisotopic (exact) mass is 343 g/mol. The molecule has 4 N–H and O–H groups in total. The highest BCUT2D eigenvalue weighted by atomic mass is 15.2. The van der Waals surface area contributed by atoms with Crippen LogP contribution in [0.2, 0.25) is 0 Å². The number of hydrogen-bond donors (Lipinski definition) is 3. The van der Waals surface area contributed by atoms with E-state index in [9.17, 15) is 0 Å². The van der Waals surface area contributed by atoms with Crippen LogP contribution in [-0.2, 0) is 18.4 Å². The molecule has 4 atom stereocenters. The number of rotatable bonds is 3. The van der Waals surface area contributed by atoms with Crippen LogP contribution in [0.3, 0.4) is 0 Å². The molecule has 3 unspecified atom stereocenters. The van der Waals surface area contributed by atoms with Crippen molar-refractivity contribution in [2.24, 2.45) is 17.1 Å². The molecule has 2 aliphatic carbocycles. The van der Waals surface area contributed by atoms with Gasteiger partial charge < -0.3 is 11.1 Å². The summed E-state index contributed by atoms with van der Waals surface area (Å²) in [5.41, 5.74) is 10.3. The molecule has 1 aliphatic heterocycles. The molecule has 25 heavy (non-hydrogen) atoms. The van der Waals surface area contributed by atoms with E-state index in [-0.39, 0.29) is 5.54 Å². The van der Waals surface area contributed by atoms with Gasteiger partial charge in [-0.05, 0) is 63.0 Å². The van der Waals surface area contributed by atoms with Crippen LogP contribution in [0.25, 0.3) is 0 Å². The Kier molecular flexibility index (Phi) is 4.09. The standard InChI is InChI=1S/C20H33N5/c1-19(2)8-7-15-17(11-19)23-24-18(15)20(3)10-13-5-6-14(25(4)12-21)9-16(13)22-20/h5-6,13-14,16,22H,7-12,21H2,1-4H3,(H,23,24)/t13?,14?,16?,20-/m1/s1. The van der Waals surface area contributed by atoms with Gasteiger partial charge in [-0.25, -0.2) is 0 Å². The molecular weight excluding hydrogens is 310 g/mol. The molecule has 1 aromatic heterocycles. The van der Waals surface area contributed by atoms with Crippen molar-refractivity contribution in [3.05, 3.63) is 29.1 Å². The van der Waals surface area contributed by atoms with Crippen LogP contribution in [0.4, 0.5) is 0 Å². The second-order valence-corrected chi connectivity index (χ2v) is 9.45. The Bertz CT molecular complexity index is 676. The molecule has 0 spiro atoms. The number of aromatic amines is 1. The molecule has 1 fully saturated rings. The molecule has 1 saturated heterocycles. The summed E-state index contributed by atoms with van der Waals surface area (Å²) in [6.45, 7) is 7.67. The van der Waals surface area contributed by atoms with E-state index >= 15 is 0 Å². The van der Waals surface area contributed by atoms with Crippen LogP contribution < -0.4 is 11.1 Å². The van der Waals surface area contributed by atoms with Crippen molar-refractivity contribution in [1.29, 1.82) is 0 Å². The summed E-state index contributed by atoms with van der Waals surface area (Å²) in [6.07, 6.45) is 10.5. The van der Waals surface area contributed by atoms with Gasteiger partial charge in [0.25, 0.3) is 0 Å². The second-order valence-electron chi connectivity index (χ2n) is 9.45. The fourth-order valence-corrected chi connectivity index (χ4v) is 5.17. The van der Waals surface area contributed by atoms with E-state index in [0.29, 0.717) is 30.1 Å². The molecule has 5 nitrogen and oxygen atoms in total. The first-order valence-electron chi connectivity index (χ1n) is 9.74. The predicted molar refractivity (Wildman–Crippen MR) is 101 cm³/mol. The number of fused-ring (bicyclic) bond motifs is 2. The van der Waals surface area contributed by atoms with Gasteiger partial charge in [-0.15, -0.1) is 0 Å². The minimum absolute atomic E-state index is 0.0264. The van der Waals surface area contributed by atoms with Crippen LogP contribution in [-0.4, -0.2) is 40.9 Å². The number of hydrogen-bond acceptors (Lipinski definition) is 4. The third-order valence-electron chi connectivity index (χ3n) is 6.78. The molecule has 0 radical (unpaired) electrons. The lowest BCUT2D eigenvalue weighted by Crippen LogP contribution is -2.45. The lowest BCUT2D eigenvalue weighted by atomic mass is 9.74. The summed E-state index contributed by atoms with van der Waals surface area (Å²) in [4.78, 5) is 2.22. The zero-order chi connectivity index (χ0) is 17.8. The summed E-state index contributed by atoms with van der Waals surface area (Å²) in [5.74, 6) is 0.597. The number of aromatic nitrogens is 2. The van der Waals surface area contributed by atoms with Crippen molar-refractivity contribution in [2.45, 2.75) is 70.5 Å². The average molecular weight is 344 g/mol. The topological polar surface area (TPSA) is 70.0 Å². The Labute approximate surface area is 151 Å². The minimum Gasteiger partial charge on any atom is -0.318 e.